The van der Waals surface area contributed by atoms with Crippen molar-refractivity contribution in [3.05, 3.63) is 23.7 Å². The standard InChI is InChI=1S/C19H24ClN3O4/c1-11-14(2-3-27-11)16(25)23-22-15(24)9-21-17(26)18-5-12-4-13(6-18)8-19(20,7-12)10-18/h2-3,12-13H,4-10H2,1H3,(H,21,26)(H,22,24)(H,23,25)/t12-,13+,18?,19?. The first-order valence-electron chi connectivity index (χ1n) is 9.39. The van der Waals surface area contributed by atoms with Crippen molar-refractivity contribution in [3.8, 4) is 0 Å². The van der Waals surface area contributed by atoms with E-state index in [2.05, 4.69) is 16.2 Å². The first-order valence-corrected chi connectivity index (χ1v) is 9.77. The van der Waals surface area contributed by atoms with Gasteiger partial charge >= 0.3 is 0 Å². The topological polar surface area (TPSA) is 100 Å². The number of carbonyl (C=O) groups is 3. The number of furan rings is 1. The van der Waals surface area contributed by atoms with Crippen LogP contribution in [0.5, 0.6) is 0 Å². The van der Waals surface area contributed by atoms with E-state index in [0.717, 1.165) is 25.7 Å². The Morgan fingerprint density at radius 3 is 2.48 bits per heavy atom. The number of amides is 3. The Hall–Kier alpha value is -2.02. The third kappa shape index (κ3) is 3.45. The minimum atomic E-state index is -0.483. The number of hydrogen-bond donors (Lipinski definition) is 3. The number of halogens is 1. The van der Waals surface area contributed by atoms with Crippen LogP contribution in [0.4, 0.5) is 0 Å². The van der Waals surface area contributed by atoms with Gasteiger partial charge in [0.1, 0.15) is 5.76 Å². The first-order chi connectivity index (χ1) is 12.8. The lowest BCUT2D eigenvalue weighted by Gasteiger charge is -2.59. The van der Waals surface area contributed by atoms with Crippen LogP contribution in [-0.2, 0) is 9.59 Å². The fourth-order valence-electron chi connectivity index (χ4n) is 5.62. The molecule has 3 N–H and O–H groups in total. The van der Waals surface area contributed by atoms with Crippen LogP contribution in [-0.4, -0.2) is 29.1 Å². The molecule has 0 spiro atoms. The molecule has 0 aliphatic heterocycles. The molecule has 146 valence electrons. The second kappa shape index (κ2) is 6.55. The molecule has 7 nitrogen and oxygen atoms in total. The summed E-state index contributed by atoms with van der Waals surface area (Å²) in [6.07, 6.45) is 6.99. The number of rotatable bonds is 4. The van der Waals surface area contributed by atoms with Crippen molar-refractivity contribution in [1.29, 1.82) is 0 Å². The van der Waals surface area contributed by atoms with Gasteiger partial charge in [-0.15, -0.1) is 11.6 Å². The van der Waals surface area contributed by atoms with E-state index in [1.807, 2.05) is 0 Å². The molecule has 1 aromatic rings. The van der Waals surface area contributed by atoms with Gasteiger partial charge in [0.25, 0.3) is 11.8 Å². The zero-order valence-electron chi connectivity index (χ0n) is 15.3. The Balaban J connectivity index is 1.29. The van der Waals surface area contributed by atoms with Crippen molar-refractivity contribution in [1.82, 2.24) is 16.2 Å². The van der Waals surface area contributed by atoms with Gasteiger partial charge in [-0.1, -0.05) is 0 Å². The van der Waals surface area contributed by atoms with Gasteiger partial charge in [0.15, 0.2) is 0 Å². The molecule has 4 bridgehead atoms. The Morgan fingerprint density at radius 2 is 1.89 bits per heavy atom. The lowest BCUT2D eigenvalue weighted by atomic mass is 9.49. The molecule has 4 fully saturated rings. The molecule has 8 heteroatoms. The van der Waals surface area contributed by atoms with Crippen LogP contribution in [0.1, 0.15) is 54.6 Å². The molecule has 27 heavy (non-hydrogen) atoms. The van der Waals surface area contributed by atoms with Gasteiger partial charge in [0.05, 0.1) is 23.8 Å². The van der Waals surface area contributed by atoms with Crippen LogP contribution >= 0.6 is 11.6 Å². The van der Waals surface area contributed by atoms with Crippen molar-refractivity contribution < 1.29 is 18.8 Å². The van der Waals surface area contributed by atoms with E-state index in [0.29, 0.717) is 29.6 Å². The highest BCUT2D eigenvalue weighted by Gasteiger charge is 2.60. The van der Waals surface area contributed by atoms with Crippen molar-refractivity contribution in [2.24, 2.45) is 17.3 Å². The summed E-state index contributed by atoms with van der Waals surface area (Å²) in [6.45, 7) is 1.47. The van der Waals surface area contributed by atoms with E-state index in [1.165, 1.54) is 18.8 Å². The van der Waals surface area contributed by atoms with Gasteiger partial charge in [0, 0.05) is 4.87 Å². The fraction of sp³-hybridized carbons (Fsp3) is 0.632. The summed E-state index contributed by atoms with van der Waals surface area (Å²) in [5.41, 5.74) is 4.54. The highest BCUT2D eigenvalue weighted by Crippen LogP contribution is 2.63. The molecule has 3 amide bonds. The average Bonchev–Trinajstić information content (AvgIpc) is 3.01. The number of alkyl halides is 1. The van der Waals surface area contributed by atoms with Crippen LogP contribution in [0.25, 0.3) is 0 Å². The van der Waals surface area contributed by atoms with E-state index >= 15 is 0 Å². The monoisotopic (exact) mass is 393 g/mol. The number of aryl methyl sites for hydroxylation is 1. The summed E-state index contributed by atoms with van der Waals surface area (Å²) in [7, 11) is 0. The van der Waals surface area contributed by atoms with Gasteiger partial charge in [-0.3, -0.25) is 25.2 Å². The van der Waals surface area contributed by atoms with Gasteiger partial charge in [-0.25, -0.2) is 0 Å². The largest absolute Gasteiger partial charge is 0.469 e. The molecule has 4 saturated carbocycles. The third-order valence-corrected chi connectivity index (χ3v) is 6.74. The Kier molecular flexibility index (Phi) is 4.45. The second-order valence-corrected chi connectivity index (χ2v) is 9.27. The molecule has 0 radical (unpaired) electrons. The number of carbonyl (C=O) groups excluding carboxylic acids is 3. The van der Waals surface area contributed by atoms with Crippen molar-refractivity contribution in [3.63, 3.8) is 0 Å². The minimum Gasteiger partial charge on any atom is -0.469 e. The van der Waals surface area contributed by atoms with E-state index < -0.39 is 17.2 Å². The Labute approximate surface area is 162 Å². The smallest absolute Gasteiger partial charge is 0.273 e. The molecular formula is C19H24ClN3O4. The van der Waals surface area contributed by atoms with E-state index in [4.69, 9.17) is 16.0 Å². The van der Waals surface area contributed by atoms with E-state index in [1.54, 1.807) is 6.92 Å². The predicted octanol–water partition coefficient (Wildman–Crippen LogP) is 2.04. The average molecular weight is 394 g/mol. The second-order valence-electron chi connectivity index (χ2n) is 8.47. The lowest BCUT2D eigenvalue weighted by Crippen LogP contribution is -2.59. The van der Waals surface area contributed by atoms with Crippen molar-refractivity contribution >= 4 is 29.3 Å². The van der Waals surface area contributed by atoms with Crippen LogP contribution in [0.15, 0.2) is 16.7 Å². The summed E-state index contributed by atoms with van der Waals surface area (Å²) in [5, 5.41) is 2.75. The predicted molar refractivity (Wildman–Crippen MR) is 97.8 cm³/mol. The maximum absolute atomic E-state index is 12.9. The molecule has 0 saturated heterocycles. The zero-order chi connectivity index (χ0) is 19.2. The fourth-order valence-corrected chi connectivity index (χ4v) is 6.32. The molecule has 4 atom stereocenters. The minimum absolute atomic E-state index is 0.0891. The summed E-state index contributed by atoms with van der Waals surface area (Å²) < 4.78 is 5.06. The molecule has 1 aromatic heterocycles. The maximum Gasteiger partial charge on any atom is 0.273 e. The van der Waals surface area contributed by atoms with Gasteiger partial charge in [0.2, 0.25) is 5.91 Å². The summed E-state index contributed by atoms with van der Waals surface area (Å²) in [4.78, 5) is 36.6. The van der Waals surface area contributed by atoms with Crippen LogP contribution in [0.2, 0.25) is 0 Å². The highest BCUT2D eigenvalue weighted by atomic mass is 35.5. The number of nitrogens with one attached hydrogen (secondary N) is 3. The molecule has 4 aliphatic carbocycles. The lowest BCUT2D eigenvalue weighted by molar-refractivity contribution is -0.145. The summed E-state index contributed by atoms with van der Waals surface area (Å²) >= 11 is 6.76. The number of hydrogen-bond acceptors (Lipinski definition) is 4. The molecule has 5 rings (SSSR count). The third-order valence-electron chi connectivity index (χ3n) is 6.30. The van der Waals surface area contributed by atoms with Crippen LogP contribution < -0.4 is 16.2 Å². The first kappa shape index (κ1) is 18.3. The molecular weight excluding hydrogens is 370 g/mol. The van der Waals surface area contributed by atoms with Crippen LogP contribution in [0, 0.1) is 24.2 Å². The molecule has 2 unspecified atom stereocenters. The normalized spacial score (nSPS) is 33.6. The zero-order valence-corrected chi connectivity index (χ0v) is 16.0. The van der Waals surface area contributed by atoms with Gasteiger partial charge in [-0.05, 0) is 63.4 Å². The SMILES string of the molecule is Cc1occc1C(=O)NNC(=O)CNC(=O)C12C[C@@H]3C[C@@H](CC(Cl)(C3)C1)C2. The maximum atomic E-state index is 12.9. The Morgan fingerprint density at radius 1 is 1.19 bits per heavy atom. The molecule has 4 aliphatic rings. The van der Waals surface area contributed by atoms with Crippen molar-refractivity contribution in [2.45, 2.75) is 50.3 Å². The highest BCUT2D eigenvalue weighted by molar-refractivity contribution is 6.24. The number of hydrazine groups is 1. The Bertz CT molecular complexity index is 776. The summed E-state index contributed by atoms with van der Waals surface area (Å²) in [6, 6.07) is 1.52. The quantitative estimate of drug-likeness (QED) is 0.538. The van der Waals surface area contributed by atoms with E-state index in [9.17, 15) is 14.4 Å². The molecule has 0 aromatic carbocycles. The molecule has 1 heterocycles. The van der Waals surface area contributed by atoms with E-state index in [-0.39, 0.29) is 17.3 Å². The van der Waals surface area contributed by atoms with Crippen LogP contribution in [0.3, 0.4) is 0 Å². The van der Waals surface area contributed by atoms with Gasteiger partial charge in [-0.2, -0.15) is 0 Å². The van der Waals surface area contributed by atoms with Crippen molar-refractivity contribution in [2.75, 3.05) is 6.54 Å². The summed E-state index contributed by atoms with van der Waals surface area (Å²) in [5.74, 6) is 0.455. The van der Waals surface area contributed by atoms with Gasteiger partial charge < -0.3 is 9.73 Å².